The highest BCUT2D eigenvalue weighted by atomic mass is 16.2. The van der Waals surface area contributed by atoms with Crippen molar-refractivity contribution in [3.05, 3.63) is 59.7 Å². The normalized spacial score (nSPS) is 14.1. The lowest BCUT2D eigenvalue weighted by Gasteiger charge is -2.39. The summed E-state index contributed by atoms with van der Waals surface area (Å²) in [6.07, 6.45) is 5.07. The van der Waals surface area contributed by atoms with Crippen LogP contribution in [-0.2, 0) is 4.79 Å². The molecule has 1 aromatic carbocycles. The van der Waals surface area contributed by atoms with E-state index in [0.29, 0.717) is 18.9 Å². The average Bonchev–Trinajstić information content (AvgIpc) is 3.12. The molecule has 0 atom stereocenters. The summed E-state index contributed by atoms with van der Waals surface area (Å²) in [4.78, 5) is 23.3. The summed E-state index contributed by atoms with van der Waals surface area (Å²) in [6, 6.07) is 7.91. The molecule has 1 aliphatic heterocycles. The first-order chi connectivity index (χ1) is 13.0. The summed E-state index contributed by atoms with van der Waals surface area (Å²) in [7, 11) is 0. The number of hydrogen-bond acceptors (Lipinski definition) is 5. The van der Waals surface area contributed by atoms with Crippen LogP contribution in [0, 0.1) is 26.7 Å². The first kappa shape index (κ1) is 17.2. The number of rotatable bonds is 4. The molecule has 4 rings (SSSR count). The number of amides is 1. The Morgan fingerprint density at radius 2 is 1.78 bits per heavy atom. The van der Waals surface area contributed by atoms with Crippen LogP contribution in [0.1, 0.15) is 16.7 Å². The number of carbonyl (C=O) groups excluding carboxylic acids is 1. The number of aromatic nitrogens is 4. The molecule has 1 fully saturated rings. The quantitative estimate of drug-likeness (QED) is 0.772. The highest BCUT2D eigenvalue weighted by Gasteiger charge is 2.34. The Hall–Kier alpha value is -3.22. The third-order valence-corrected chi connectivity index (χ3v) is 4.88. The van der Waals surface area contributed by atoms with Gasteiger partial charge >= 0.3 is 0 Å². The zero-order valence-corrected chi connectivity index (χ0v) is 15.7. The maximum Gasteiger partial charge on any atom is 0.231 e. The minimum atomic E-state index is -0.0479. The van der Waals surface area contributed by atoms with Crippen molar-refractivity contribution in [2.75, 3.05) is 23.3 Å². The Morgan fingerprint density at radius 3 is 2.44 bits per heavy atom. The van der Waals surface area contributed by atoms with Crippen LogP contribution in [0.3, 0.4) is 0 Å². The van der Waals surface area contributed by atoms with E-state index in [1.165, 1.54) is 11.9 Å². The molecular weight excluding hydrogens is 340 g/mol. The van der Waals surface area contributed by atoms with Crippen molar-refractivity contribution in [3.8, 4) is 5.82 Å². The van der Waals surface area contributed by atoms with Gasteiger partial charge in [0.25, 0.3) is 0 Å². The van der Waals surface area contributed by atoms with Crippen molar-refractivity contribution in [2.24, 2.45) is 5.92 Å². The molecule has 1 aliphatic rings. The topological polar surface area (TPSA) is 75.9 Å². The lowest BCUT2D eigenvalue weighted by atomic mass is 9.98. The fourth-order valence-corrected chi connectivity index (χ4v) is 3.47. The standard InChI is InChI=1S/C20H22N6O/c1-13-7-14(2)19(15(3)8-13)24-20(27)16-10-25(11-16)17-9-18(22-12-21-17)26-6-4-5-23-26/h4-9,12,16H,10-11H2,1-3H3,(H,24,27). The number of anilines is 2. The molecule has 27 heavy (non-hydrogen) atoms. The molecule has 7 heteroatoms. The van der Waals surface area contributed by atoms with Crippen molar-refractivity contribution >= 4 is 17.4 Å². The lowest BCUT2D eigenvalue weighted by molar-refractivity contribution is -0.120. The number of nitrogens with one attached hydrogen (secondary N) is 1. The third kappa shape index (κ3) is 3.40. The zero-order chi connectivity index (χ0) is 19.0. The maximum atomic E-state index is 12.6. The van der Waals surface area contributed by atoms with Crippen LogP contribution < -0.4 is 10.2 Å². The van der Waals surface area contributed by atoms with Gasteiger partial charge in [0.2, 0.25) is 5.91 Å². The molecule has 3 aromatic rings. The van der Waals surface area contributed by atoms with E-state index in [2.05, 4.69) is 44.3 Å². The molecule has 0 radical (unpaired) electrons. The van der Waals surface area contributed by atoms with E-state index in [1.807, 2.05) is 32.2 Å². The third-order valence-electron chi connectivity index (χ3n) is 4.88. The van der Waals surface area contributed by atoms with Crippen LogP contribution in [0.15, 0.2) is 43.0 Å². The molecule has 7 nitrogen and oxygen atoms in total. The smallest absolute Gasteiger partial charge is 0.231 e. The fourth-order valence-electron chi connectivity index (χ4n) is 3.47. The van der Waals surface area contributed by atoms with Crippen LogP contribution in [0.5, 0.6) is 0 Å². The highest BCUT2D eigenvalue weighted by Crippen LogP contribution is 2.27. The first-order valence-corrected chi connectivity index (χ1v) is 8.97. The second-order valence-corrected chi connectivity index (χ2v) is 7.05. The number of nitrogens with zero attached hydrogens (tertiary/aromatic N) is 5. The summed E-state index contributed by atoms with van der Waals surface area (Å²) in [5, 5.41) is 7.29. The maximum absolute atomic E-state index is 12.6. The van der Waals surface area contributed by atoms with Gasteiger partial charge in [-0.25, -0.2) is 14.6 Å². The molecule has 0 saturated carbocycles. The molecule has 0 aliphatic carbocycles. The molecule has 3 heterocycles. The van der Waals surface area contributed by atoms with Crippen LogP contribution >= 0.6 is 0 Å². The molecule has 0 spiro atoms. The van der Waals surface area contributed by atoms with E-state index in [9.17, 15) is 4.79 Å². The van der Waals surface area contributed by atoms with E-state index in [-0.39, 0.29) is 11.8 Å². The Morgan fingerprint density at radius 1 is 1.07 bits per heavy atom. The van der Waals surface area contributed by atoms with Crippen molar-refractivity contribution in [2.45, 2.75) is 20.8 Å². The van der Waals surface area contributed by atoms with E-state index < -0.39 is 0 Å². The number of aryl methyl sites for hydroxylation is 3. The SMILES string of the molecule is Cc1cc(C)c(NC(=O)C2CN(c3cc(-n4cccn4)ncn3)C2)c(C)c1. The van der Waals surface area contributed by atoms with Gasteiger partial charge in [-0.3, -0.25) is 4.79 Å². The van der Waals surface area contributed by atoms with Crippen LogP contribution in [0.25, 0.3) is 5.82 Å². The van der Waals surface area contributed by atoms with Gasteiger partial charge in [0.15, 0.2) is 5.82 Å². The summed E-state index contributed by atoms with van der Waals surface area (Å²) >= 11 is 0. The summed E-state index contributed by atoms with van der Waals surface area (Å²) in [5.74, 6) is 1.53. The monoisotopic (exact) mass is 362 g/mol. The predicted molar refractivity (Wildman–Crippen MR) is 104 cm³/mol. The highest BCUT2D eigenvalue weighted by molar-refractivity contribution is 5.95. The Labute approximate surface area is 158 Å². The molecule has 1 N–H and O–H groups in total. The molecular formula is C20H22N6O. The van der Waals surface area contributed by atoms with Gasteiger partial charge in [-0.15, -0.1) is 0 Å². The molecule has 0 bridgehead atoms. The van der Waals surface area contributed by atoms with Crippen LogP contribution in [0.2, 0.25) is 0 Å². The molecule has 1 saturated heterocycles. The van der Waals surface area contributed by atoms with Gasteiger partial charge in [-0.2, -0.15) is 5.10 Å². The van der Waals surface area contributed by atoms with Gasteiger partial charge in [-0.1, -0.05) is 17.7 Å². The van der Waals surface area contributed by atoms with Gasteiger partial charge in [0, 0.05) is 37.2 Å². The van der Waals surface area contributed by atoms with Crippen LogP contribution in [-0.4, -0.2) is 38.7 Å². The van der Waals surface area contributed by atoms with Crippen molar-refractivity contribution in [3.63, 3.8) is 0 Å². The lowest BCUT2D eigenvalue weighted by Crippen LogP contribution is -2.52. The molecule has 2 aromatic heterocycles. The fraction of sp³-hybridized carbons (Fsp3) is 0.300. The minimum Gasteiger partial charge on any atom is -0.355 e. The van der Waals surface area contributed by atoms with Crippen molar-refractivity contribution in [1.29, 1.82) is 0 Å². The van der Waals surface area contributed by atoms with E-state index in [0.717, 1.165) is 22.6 Å². The number of carbonyl (C=O) groups is 1. The van der Waals surface area contributed by atoms with Crippen LogP contribution in [0.4, 0.5) is 11.5 Å². The van der Waals surface area contributed by atoms with Crippen molar-refractivity contribution in [1.82, 2.24) is 19.7 Å². The van der Waals surface area contributed by atoms with Gasteiger partial charge in [0.1, 0.15) is 12.1 Å². The van der Waals surface area contributed by atoms with Gasteiger partial charge < -0.3 is 10.2 Å². The Balaban J connectivity index is 1.41. The van der Waals surface area contributed by atoms with Crippen molar-refractivity contribution < 1.29 is 4.79 Å². The Kier molecular flexibility index (Phi) is 4.35. The number of benzene rings is 1. The number of hydrogen-bond donors (Lipinski definition) is 1. The Bertz CT molecular complexity index is 953. The second-order valence-electron chi connectivity index (χ2n) is 7.05. The average molecular weight is 362 g/mol. The summed E-state index contributed by atoms with van der Waals surface area (Å²) in [6.45, 7) is 7.41. The minimum absolute atomic E-state index is 0.0479. The molecule has 1 amide bonds. The summed E-state index contributed by atoms with van der Waals surface area (Å²) in [5.41, 5.74) is 4.31. The summed E-state index contributed by atoms with van der Waals surface area (Å²) < 4.78 is 1.69. The molecule has 0 unspecified atom stereocenters. The molecule has 138 valence electrons. The largest absolute Gasteiger partial charge is 0.355 e. The van der Waals surface area contributed by atoms with E-state index in [1.54, 1.807) is 10.9 Å². The van der Waals surface area contributed by atoms with E-state index >= 15 is 0 Å². The van der Waals surface area contributed by atoms with Gasteiger partial charge in [-0.05, 0) is 38.0 Å². The van der Waals surface area contributed by atoms with E-state index in [4.69, 9.17) is 0 Å². The first-order valence-electron chi connectivity index (χ1n) is 8.97. The predicted octanol–water partition coefficient (Wildman–Crippen LogP) is 2.66. The second kappa shape index (κ2) is 6.83. The zero-order valence-electron chi connectivity index (χ0n) is 15.7. The van der Waals surface area contributed by atoms with Gasteiger partial charge in [0.05, 0.1) is 5.92 Å².